The van der Waals surface area contributed by atoms with E-state index in [4.69, 9.17) is 0 Å². The molecule has 0 spiro atoms. The summed E-state index contributed by atoms with van der Waals surface area (Å²) in [7, 11) is 0. The van der Waals surface area contributed by atoms with Crippen LogP contribution < -0.4 is 5.32 Å². The Balaban J connectivity index is 3.88. The van der Waals surface area contributed by atoms with Crippen LogP contribution >= 0.6 is 0 Å². The van der Waals surface area contributed by atoms with Crippen LogP contribution in [0.5, 0.6) is 0 Å². The molecule has 0 aromatic heterocycles. The van der Waals surface area contributed by atoms with Crippen molar-refractivity contribution in [1.82, 2.24) is 5.32 Å². The monoisotopic (exact) mass is 187 g/mol. The summed E-state index contributed by atoms with van der Waals surface area (Å²) in [6, 6.07) is 0. The lowest BCUT2D eigenvalue weighted by atomic mass is 10.3. The quantitative estimate of drug-likeness (QED) is 0.618. The largest absolute Gasteiger partial charge is 0.351 e. The Hall–Kier alpha value is -0.570. The van der Waals surface area contributed by atoms with Gasteiger partial charge in [0, 0.05) is 6.92 Å². The van der Waals surface area contributed by atoms with Crippen LogP contribution in [0, 0.1) is 0 Å². The normalized spacial score (nSPS) is 11.4. The van der Waals surface area contributed by atoms with Gasteiger partial charge in [-0.25, -0.2) is 0 Å². The van der Waals surface area contributed by atoms with E-state index in [-0.39, 0.29) is 5.91 Å². The van der Waals surface area contributed by atoms with Crippen LogP contribution in [0.1, 0.15) is 27.7 Å². The van der Waals surface area contributed by atoms with Crippen LogP contribution in [0.25, 0.3) is 0 Å². The van der Waals surface area contributed by atoms with E-state index in [0.717, 1.165) is 37.2 Å². The second-order valence-electron chi connectivity index (χ2n) is 3.50. The van der Waals surface area contributed by atoms with Crippen molar-refractivity contribution in [2.75, 3.05) is 32.7 Å². The van der Waals surface area contributed by atoms with Crippen molar-refractivity contribution in [2.45, 2.75) is 27.7 Å². The molecule has 1 amide bonds. The maximum atomic E-state index is 10.7. The Bertz CT molecular complexity index is 145. The molecule has 1 N–H and O–H groups in total. The Morgan fingerprint density at radius 1 is 1.15 bits per heavy atom. The predicted molar refractivity (Wildman–Crippen MR) is 55.4 cm³/mol. The van der Waals surface area contributed by atoms with E-state index < -0.39 is 0 Å². The number of nitrogens with zero attached hydrogens (tertiary/aromatic N) is 1. The maximum absolute atomic E-state index is 10.7. The number of hydrogen-bond acceptors (Lipinski definition) is 1. The van der Waals surface area contributed by atoms with Crippen molar-refractivity contribution >= 4 is 5.91 Å². The van der Waals surface area contributed by atoms with Gasteiger partial charge in [0.1, 0.15) is 0 Å². The highest BCUT2D eigenvalue weighted by Gasteiger charge is 2.19. The fraction of sp³-hybridized carbons (Fsp3) is 0.900. The van der Waals surface area contributed by atoms with Crippen LogP contribution in [-0.2, 0) is 4.79 Å². The Kier molecular flexibility index (Phi) is 5.71. The summed E-state index contributed by atoms with van der Waals surface area (Å²) in [6.45, 7) is 13.5. The summed E-state index contributed by atoms with van der Waals surface area (Å²) in [5.74, 6) is 0.0707. The molecule has 0 aromatic carbocycles. The molecule has 0 fully saturated rings. The molecule has 78 valence electrons. The average Bonchev–Trinajstić information content (AvgIpc) is 2.13. The van der Waals surface area contributed by atoms with E-state index >= 15 is 0 Å². The third-order valence-electron chi connectivity index (χ3n) is 2.97. The highest BCUT2D eigenvalue weighted by atomic mass is 16.1. The number of amides is 1. The molecule has 13 heavy (non-hydrogen) atoms. The molecule has 0 aromatic rings. The Morgan fingerprint density at radius 2 is 1.62 bits per heavy atom. The van der Waals surface area contributed by atoms with Gasteiger partial charge in [-0.1, -0.05) is 0 Å². The number of nitrogens with one attached hydrogen (secondary N) is 1. The zero-order valence-corrected chi connectivity index (χ0v) is 9.39. The highest BCUT2D eigenvalue weighted by Crippen LogP contribution is 2.03. The van der Waals surface area contributed by atoms with Gasteiger partial charge in [0.2, 0.25) is 5.91 Å². The fourth-order valence-electron chi connectivity index (χ4n) is 1.61. The van der Waals surface area contributed by atoms with E-state index in [1.807, 2.05) is 0 Å². The summed E-state index contributed by atoms with van der Waals surface area (Å²) < 4.78 is 1.10. The molecule has 0 saturated carbocycles. The Labute approximate surface area is 81.7 Å². The standard InChI is InChI=1S/C10H22N2O/c1-5-12(6-2,7-3)9-8-11-10(4)13/h5-9H2,1-4H3/p+1. The van der Waals surface area contributed by atoms with Gasteiger partial charge in [0.15, 0.2) is 0 Å². The smallest absolute Gasteiger partial charge is 0.217 e. The molecule has 0 rings (SSSR count). The maximum Gasteiger partial charge on any atom is 0.217 e. The topological polar surface area (TPSA) is 29.1 Å². The summed E-state index contributed by atoms with van der Waals surface area (Å²) in [4.78, 5) is 10.7. The molecule has 0 atom stereocenters. The van der Waals surface area contributed by atoms with Gasteiger partial charge in [0.25, 0.3) is 0 Å². The number of rotatable bonds is 6. The third-order valence-corrected chi connectivity index (χ3v) is 2.97. The minimum absolute atomic E-state index is 0.0707. The van der Waals surface area contributed by atoms with E-state index in [1.165, 1.54) is 0 Å². The van der Waals surface area contributed by atoms with Crippen LogP contribution in [0.15, 0.2) is 0 Å². The Morgan fingerprint density at radius 3 is 1.92 bits per heavy atom. The van der Waals surface area contributed by atoms with Gasteiger partial charge < -0.3 is 9.80 Å². The summed E-state index contributed by atoms with van der Waals surface area (Å²) in [6.07, 6.45) is 0. The van der Waals surface area contributed by atoms with Crippen molar-refractivity contribution in [3.05, 3.63) is 0 Å². The van der Waals surface area contributed by atoms with E-state index in [1.54, 1.807) is 6.92 Å². The number of quaternary nitrogens is 1. The second-order valence-corrected chi connectivity index (χ2v) is 3.50. The lowest BCUT2D eigenvalue weighted by molar-refractivity contribution is -0.922. The highest BCUT2D eigenvalue weighted by molar-refractivity contribution is 5.72. The predicted octanol–water partition coefficient (Wildman–Crippen LogP) is 0.999. The van der Waals surface area contributed by atoms with Gasteiger partial charge in [0.05, 0.1) is 32.7 Å². The number of hydrogen-bond donors (Lipinski definition) is 1. The van der Waals surface area contributed by atoms with Crippen LogP contribution in [0.3, 0.4) is 0 Å². The molecule has 0 unspecified atom stereocenters. The molecule has 0 aliphatic heterocycles. The third kappa shape index (κ3) is 4.27. The van der Waals surface area contributed by atoms with Crippen LogP contribution in [0.2, 0.25) is 0 Å². The van der Waals surface area contributed by atoms with E-state index in [0.29, 0.717) is 0 Å². The molecule has 0 radical (unpaired) electrons. The number of likely N-dealkylation sites (N-methyl/N-ethyl adjacent to an activating group) is 1. The molecule has 3 heteroatoms. The fourth-order valence-corrected chi connectivity index (χ4v) is 1.61. The minimum atomic E-state index is 0.0707. The average molecular weight is 187 g/mol. The zero-order valence-electron chi connectivity index (χ0n) is 9.39. The summed E-state index contributed by atoms with van der Waals surface area (Å²) in [5.41, 5.74) is 0. The van der Waals surface area contributed by atoms with Gasteiger partial charge in [-0.3, -0.25) is 4.79 Å². The van der Waals surface area contributed by atoms with Gasteiger partial charge in [-0.2, -0.15) is 0 Å². The first-order valence-electron chi connectivity index (χ1n) is 5.19. The minimum Gasteiger partial charge on any atom is -0.351 e. The molecule has 0 bridgehead atoms. The first-order chi connectivity index (χ1) is 6.10. The van der Waals surface area contributed by atoms with E-state index in [2.05, 4.69) is 26.1 Å². The van der Waals surface area contributed by atoms with Crippen LogP contribution in [0.4, 0.5) is 0 Å². The van der Waals surface area contributed by atoms with Crippen LogP contribution in [-0.4, -0.2) is 43.1 Å². The van der Waals surface area contributed by atoms with Crippen molar-refractivity contribution in [1.29, 1.82) is 0 Å². The van der Waals surface area contributed by atoms with Crippen molar-refractivity contribution in [2.24, 2.45) is 0 Å². The summed E-state index contributed by atoms with van der Waals surface area (Å²) in [5, 5.41) is 2.85. The lowest BCUT2D eigenvalue weighted by Crippen LogP contribution is -2.51. The zero-order chi connectivity index (χ0) is 10.3. The molecule has 0 aliphatic carbocycles. The first kappa shape index (κ1) is 12.4. The number of carbonyl (C=O) groups is 1. The second kappa shape index (κ2) is 5.97. The van der Waals surface area contributed by atoms with Gasteiger partial charge in [-0.05, 0) is 20.8 Å². The molecule has 0 heterocycles. The van der Waals surface area contributed by atoms with Crippen molar-refractivity contribution < 1.29 is 9.28 Å². The molecular formula is C10H23N2O+. The van der Waals surface area contributed by atoms with Crippen molar-refractivity contribution in [3.8, 4) is 0 Å². The first-order valence-corrected chi connectivity index (χ1v) is 5.19. The lowest BCUT2D eigenvalue weighted by Gasteiger charge is -2.35. The van der Waals surface area contributed by atoms with Crippen molar-refractivity contribution in [3.63, 3.8) is 0 Å². The number of carbonyl (C=O) groups excluding carboxylic acids is 1. The molecule has 0 aliphatic rings. The van der Waals surface area contributed by atoms with Gasteiger partial charge in [-0.15, -0.1) is 0 Å². The summed E-state index contributed by atoms with van der Waals surface area (Å²) >= 11 is 0. The molecule has 0 saturated heterocycles. The van der Waals surface area contributed by atoms with E-state index in [9.17, 15) is 4.79 Å². The molecule has 3 nitrogen and oxygen atoms in total. The van der Waals surface area contributed by atoms with Gasteiger partial charge >= 0.3 is 0 Å². The SMILES string of the molecule is CC[N+](CC)(CC)CCNC(C)=O. The molecular weight excluding hydrogens is 164 g/mol.